The molecule has 1 saturated heterocycles. The summed E-state index contributed by atoms with van der Waals surface area (Å²) in [7, 11) is 0. The predicted octanol–water partition coefficient (Wildman–Crippen LogP) is 3.32. The molecule has 1 saturated carbocycles. The first kappa shape index (κ1) is 14.5. The lowest BCUT2D eigenvalue weighted by Gasteiger charge is -2.33. The number of piperidine rings is 1. The molecule has 3 heteroatoms. The number of Topliss-reactive ketones (excluding diaryl/α,β-unsaturated/α-hetero) is 1. The lowest BCUT2D eigenvalue weighted by atomic mass is 9.98. The van der Waals surface area contributed by atoms with Gasteiger partial charge in [-0.25, -0.2) is 0 Å². The fourth-order valence-electron chi connectivity index (χ4n) is 3.49. The Morgan fingerprint density at radius 3 is 2.42 bits per heavy atom. The maximum Gasteiger partial charge on any atom is 0.230 e. The van der Waals surface area contributed by atoms with E-state index < -0.39 is 0 Å². The normalized spacial score (nSPS) is 24.7. The molecule has 1 amide bonds. The van der Waals surface area contributed by atoms with Gasteiger partial charge in [-0.1, -0.05) is 25.7 Å². The van der Waals surface area contributed by atoms with Gasteiger partial charge in [0, 0.05) is 19.0 Å². The zero-order valence-electron chi connectivity index (χ0n) is 12.2. The third-order valence-electron chi connectivity index (χ3n) is 4.78. The molecule has 0 aromatic rings. The highest BCUT2D eigenvalue weighted by atomic mass is 16.2. The molecule has 0 spiro atoms. The van der Waals surface area contributed by atoms with E-state index in [1.807, 2.05) is 4.90 Å². The Bertz CT molecular complexity index is 321. The van der Waals surface area contributed by atoms with E-state index in [1.54, 1.807) is 0 Å². The van der Waals surface area contributed by atoms with E-state index in [0.717, 1.165) is 31.7 Å². The van der Waals surface area contributed by atoms with E-state index in [1.165, 1.54) is 32.1 Å². The predicted molar refractivity (Wildman–Crippen MR) is 75.8 cm³/mol. The number of nitrogens with zero attached hydrogens (tertiary/aromatic N) is 1. The number of hydrogen-bond acceptors (Lipinski definition) is 2. The number of hydrogen-bond donors (Lipinski definition) is 0. The molecule has 0 aromatic heterocycles. The molecule has 2 aliphatic rings. The number of amides is 1. The molecule has 108 valence electrons. The minimum Gasteiger partial charge on any atom is -0.340 e. The summed E-state index contributed by atoms with van der Waals surface area (Å²) >= 11 is 0. The monoisotopic (exact) mass is 265 g/mol. The van der Waals surface area contributed by atoms with Crippen molar-refractivity contribution in [3.05, 3.63) is 0 Å². The van der Waals surface area contributed by atoms with Crippen LogP contribution in [0.4, 0.5) is 0 Å². The van der Waals surface area contributed by atoms with E-state index >= 15 is 0 Å². The van der Waals surface area contributed by atoms with Crippen LogP contribution in [-0.2, 0) is 9.59 Å². The van der Waals surface area contributed by atoms with Crippen molar-refractivity contribution in [2.75, 3.05) is 6.54 Å². The second kappa shape index (κ2) is 7.06. The van der Waals surface area contributed by atoms with Gasteiger partial charge < -0.3 is 4.90 Å². The Hall–Kier alpha value is -0.860. The topological polar surface area (TPSA) is 37.4 Å². The van der Waals surface area contributed by atoms with Gasteiger partial charge in [-0.3, -0.25) is 9.59 Å². The van der Waals surface area contributed by atoms with Crippen LogP contribution in [0, 0.1) is 5.92 Å². The van der Waals surface area contributed by atoms with Crippen LogP contribution < -0.4 is 0 Å². The maximum absolute atomic E-state index is 12.1. The molecule has 1 heterocycles. The van der Waals surface area contributed by atoms with Crippen LogP contribution in [-0.4, -0.2) is 29.2 Å². The molecule has 1 aliphatic carbocycles. The lowest BCUT2D eigenvalue weighted by Crippen LogP contribution is -2.42. The van der Waals surface area contributed by atoms with Crippen LogP contribution in [0.5, 0.6) is 0 Å². The van der Waals surface area contributed by atoms with Crippen molar-refractivity contribution in [1.29, 1.82) is 0 Å². The molecule has 0 N–H and O–H groups in total. The summed E-state index contributed by atoms with van der Waals surface area (Å²) in [6, 6.07) is 0.323. The maximum atomic E-state index is 12.1. The fraction of sp³-hybridized carbons (Fsp3) is 0.875. The van der Waals surface area contributed by atoms with Crippen LogP contribution in [0.2, 0.25) is 0 Å². The van der Waals surface area contributed by atoms with Crippen molar-refractivity contribution in [1.82, 2.24) is 4.90 Å². The molecule has 2 rings (SSSR count). The van der Waals surface area contributed by atoms with Gasteiger partial charge >= 0.3 is 0 Å². The van der Waals surface area contributed by atoms with Gasteiger partial charge in [-0.15, -0.1) is 0 Å². The van der Waals surface area contributed by atoms with Gasteiger partial charge in [0.05, 0.1) is 6.42 Å². The van der Waals surface area contributed by atoms with Gasteiger partial charge in [0.2, 0.25) is 5.91 Å². The van der Waals surface area contributed by atoms with Gasteiger partial charge in [0.1, 0.15) is 5.78 Å². The Kier molecular flexibility index (Phi) is 5.41. The van der Waals surface area contributed by atoms with Crippen LogP contribution in [0.25, 0.3) is 0 Å². The Balaban J connectivity index is 1.70. The first-order valence-electron chi connectivity index (χ1n) is 7.98. The molecule has 1 unspecified atom stereocenters. The smallest absolute Gasteiger partial charge is 0.230 e. The van der Waals surface area contributed by atoms with Gasteiger partial charge in [-0.2, -0.15) is 0 Å². The average Bonchev–Trinajstić information content (AvgIpc) is 2.90. The molecule has 3 nitrogen and oxygen atoms in total. The number of carbonyl (C=O) groups excluding carboxylic acids is 2. The van der Waals surface area contributed by atoms with Gasteiger partial charge in [0.15, 0.2) is 0 Å². The second-order valence-electron chi connectivity index (χ2n) is 6.34. The van der Waals surface area contributed by atoms with Crippen molar-refractivity contribution in [3.8, 4) is 0 Å². The number of rotatable bonds is 5. The standard InChI is InChI=1S/C16H27NO2/c1-13-6-4-5-11-17(13)16(19)12-15(18)10-9-14-7-2-3-8-14/h13-14H,2-12H2,1H3. The van der Waals surface area contributed by atoms with E-state index in [0.29, 0.717) is 12.5 Å². The lowest BCUT2D eigenvalue weighted by molar-refractivity contribution is -0.138. The average molecular weight is 265 g/mol. The highest BCUT2D eigenvalue weighted by Crippen LogP contribution is 2.28. The SMILES string of the molecule is CC1CCCCN1C(=O)CC(=O)CCC1CCCC1. The van der Waals surface area contributed by atoms with Crippen LogP contribution in [0.1, 0.15) is 71.1 Å². The number of carbonyl (C=O) groups is 2. The highest BCUT2D eigenvalue weighted by Gasteiger charge is 2.25. The molecular formula is C16H27NO2. The third kappa shape index (κ3) is 4.32. The largest absolute Gasteiger partial charge is 0.340 e. The van der Waals surface area contributed by atoms with Gasteiger partial charge in [0.25, 0.3) is 0 Å². The fourth-order valence-corrected chi connectivity index (χ4v) is 3.49. The molecule has 1 atom stereocenters. The Morgan fingerprint density at radius 2 is 1.74 bits per heavy atom. The van der Waals surface area contributed by atoms with Crippen LogP contribution >= 0.6 is 0 Å². The molecular weight excluding hydrogens is 238 g/mol. The van der Waals surface area contributed by atoms with Crippen molar-refractivity contribution in [2.24, 2.45) is 5.92 Å². The zero-order chi connectivity index (χ0) is 13.7. The molecule has 0 aromatic carbocycles. The zero-order valence-corrected chi connectivity index (χ0v) is 12.2. The minimum absolute atomic E-state index is 0.0589. The molecule has 1 aliphatic heterocycles. The third-order valence-corrected chi connectivity index (χ3v) is 4.78. The molecule has 0 radical (unpaired) electrons. The summed E-state index contributed by atoms with van der Waals surface area (Å²) in [5, 5.41) is 0. The summed E-state index contributed by atoms with van der Waals surface area (Å²) < 4.78 is 0. The minimum atomic E-state index is 0.0589. The highest BCUT2D eigenvalue weighted by molar-refractivity contribution is 5.98. The van der Waals surface area contributed by atoms with E-state index in [9.17, 15) is 9.59 Å². The molecule has 19 heavy (non-hydrogen) atoms. The van der Waals surface area contributed by atoms with Crippen LogP contribution in [0.3, 0.4) is 0 Å². The van der Waals surface area contributed by atoms with Crippen molar-refractivity contribution in [2.45, 2.75) is 77.2 Å². The van der Waals surface area contributed by atoms with Crippen molar-refractivity contribution < 1.29 is 9.59 Å². The Labute approximate surface area is 116 Å². The summed E-state index contributed by atoms with van der Waals surface area (Å²) in [6.07, 6.45) is 10.3. The quantitative estimate of drug-likeness (QED) is 0.715. The van der Waals surface area contributed by atoms with E-state index in [2.05, 4.69) is 6.92 Å². The van der Waals surface area contributed by atoms with Gasteiger partial charge in [-0.05, 0) is 38.5 Å². The van der Waals surface area contributed by atoms with Crippen molar-refractivity contribution in [3.63, 3.8) is 0 Å². The first-order chi connectivity index (χ1) is 9.16. The van der Waals surface area contributed by atoms with E-state index in [4.69, 9.17) is 0 Å². The Morgan fingerprint density at radius 1 is 1.05 bits per heavy atom. The second-order valence-corrected chi connectivity index (χ2v) is 6.34. The first-order valence-corrected chi connectivity index (χ1v) is 7.98. The number of likely N-dealkylation sites (tertiary alicyclic amines) is 1. The summed E-state index contributed by atoms with van der Waals surface area (Å²) in [5.41, 5.74) is 0. The van der Waals surface area contributed by atoms with Crippen LogP contribution in [0.15, 0.2) is 0 Å². The summed E-state index contributed by atoms with van der Waals surface area (Å²) in [4.78, 5) is 25.9. The van der Waals surface area contributed by atoms with Crippen molar-refractivity contribution >= 4 is 11.7 Å². The summed E-state index contributed by atoms with van der Waals surface area (Å²) in [6.45, 7) is 2.94. The van der Waals surface area contributed by atoms with E-state index in [-0.39, 0.29) is 18.1 Å². The number of ketones is 1. The molecule has 0 bridgehead atoms. The molecule has 2 fully saturated rings. The summed E-state index contributed by atoms with van der Waals surface area (Å²) in [5.74, 6) is 0.950.